The molecule has 0 amide bonds. The number of anilines is 2. The molecule has 0 aliphatic heterocycles. The van der Waals surface area contributed by atoms with Gasteiger partial charge in [-0.3, -0.25) is 0 Å². The largest absolute Gasteiger partial charge is 0.357 e. The predicted octanol–water partition coefficient (Wildman–Crippen LogP) is 1.09. The van der Waals surface area contributed by atoms with Gasteiger partial charge in [-0.1, -0.05) is 13.8 Å². The highest BCUT2D eigenvalue weighted by Gasteiger charge is 2.10. The molecule has 0 saturated heterocycles. The van der Waals surface area contributed by atoms with Crippen LogP contribution in [0.4, 0.5) is 11.9 Å². The van der Waals surface area contributed by atoms with Crippen LogP contribution in [0.15, 0.2) is 12.7 Å². The molecule has 19 heavy (non-hydrogen) atoms. The maximum atomic E-state index is 4.35. The first-order chi connectivity index (χ1) is 9.26. The van der Waals surface area contributed by atoms with Gasteiger partial charge in [0.25, 0.3) is 5.95 Å². The van der Waals surface area contributed by atoms with Gasteiger partial charge in [0.1, 0.15) is 12.7 Å². The number of nitrogens with one attached hydrogen (secondary N) is 2. The highest BCUT2D eigenvalue weighted by Crippen LogP contribution is 2.11. The molecule has 0 fully saturated rings. The van der Waals surface area contributed by atoms with Crippen molar-refractivity contribution in [2.45, 2.75) is 32.7 Å². The third-order valence-corrected chi connectivity index (χ3v) is 2.79. The van der Waals surface area contributed by atoms with Gasteiger partial charge < -0.3 is 10.6 Å². The van der Waals surface area contributed by atoms with Gasteiger partial charge in [-0.2, -0.15) is 24.7 Å². The molecule has 2 aromatic rings. The van der Waals surface area contributed by atoms with Crippen LogP contribution < -0.4 is 10.6 Å². The summed E-state index contributed by atoms with van der Waals surface area (Å²) >= 11 is 0. The van der Waals surface area contributed by atoms with Crippen LogP contribution in [0.2, 0.25) is 0 Å². The van der Waals surface area contributed by atoms with Gasteiger partial charge in [-0.15, -0.1) is 0 Å². The normalized spacial score (nSPS) is 10.7. The summed E-state index contributed by atoms with van der Waals surface area (Å²) in [6.45, 7) is 4.25. The van der Waals surface area contributed by atoms with Crippen molar-refractivity contribution in [1.82, 2.24) is 29.7 Å². The molecule has 0 spiro atoms. The molecule has 2 heterocycles. The first-order valence-electron chi connectivity index (χ1n) is 6.32. The lowest BCUT2D eigenvalue weighted by atomic mass is 10.2. The van der Waals surface area contributed by atoms with Crippen molar-refractivity contribution in [3.63, 3.8) is 0 Å². The molecule has 0 saturated carbocycles. The van der Waals surface area contributed by atoms with Gasteiger partial charge in [0.2, 0.25) is 11.9 Å². The summed E-state index contributed by atoms with van der Waals surface area (Å²) in [4.78, 5) is 16.8. The molecule has 0 unspecified atom stereocenters. The smallest absolute Gasteiger partial charge is 0.258 e. The molecule has 8 nitrogen and oxygen atoms in total. The average molecular weight is 262 g/mol. The summed E-state index contributed by atoms with van der Waals surface area (Å²) in [5.41, 5.74) is 0. The third-order valence-electron chi connectivity index (χ3n) is 2.79. The van der Waals surface area contributed by atoms with E-state index in [1.54, 1.807) is 13.4 Å². The van der Waals surface area contributed by atoms with E-state index in [1.165, 1.54) is 11.0 Å². The van der Waals surface area contributed by atoms with Crippen molar-refractivity contribution in [2.75, 3.05) is 17.7 Å². The Morgan fingerprint density at radius 2 is 1.89 bits per heavy atom. The van der Waals surface area contributed by atoms with E-state index in [-0.39, 0.29) is 0 Å². The summed E-state index contributed by atoms with van der Waals surface area (Å²) in [6.07, 6.45) is 5.01. The van der Waals surface area contributed by atoms with Crippen LogP contribution in [0.25, 0.3) is 5.95 Å². The fraction of sp³-hybridized carbons (Fsp3) is 0.545. The monoisotopic (exact) mass is 262 g/mol. The van der Waals surface area contributed by atoms with E-state index in [4.69, 9.17) is 0 Å². The van der Waals surface area contributed by atoms with E-state index in [2.05, 4.69) is 49.5 Å². The van der Waals surface area contributed by atoms with E-state index < -0.39 is 0 Å². The molecule has 2 N–H and O–H groups in total. The van der Waals surface area contributed by atoms with Crippen molar-refractivity contribution in [3.05, 3.63) is 12.7 Å². The minimum Gasteiger partial charge on any atom is -0.357 e. The van der Waals surface area contributed by atoms with Crippen LogP contribution in [-0.2, 0) is 0 Å². The second-order valence-corrected chi connectivity index (χ2v) is 4.03. The molecule has 102 valence electrons. The van der Waals surface area contributed by atoms with Crippen molar-refractivity contribution >= 4 is 11.9 Å². The summed E-state index contributed by atoms with van der Waals surface area (Å²) in [5.74, 6) is 1.47. The summed E-state index contributed by atoms with van der Waals surface area (Å²) in [6, 6.07) is 0.343. The van der Waals surface area contributed by atoms with Gasteiger partial charge in [-0.25, -0.2) is 4.98 Å². The lowest BCUT2D eigenvalue weighted by Crippen LogP contribution is -2.20. The quantitative estimate of drug-likeness (QED) is 0.804. The Balaban J connectivity index is 2.31. The van der Waals surface area contributed by atoms with E-state index in [9.17, 15) is 0 Å². The minimum absolute atomic E-state index is 0.343. The van der Waals surface area contributed by atoms with Gasteiger partial charge in [0, 0.05) is 13.1 Å². The Hall–Kier alpha value is -2.25. The Morgan fingerprint density at radius 3 is 2.47 bits per heavy atom. The number of aromatic nitrogens is 6. The molecule has 2 rings (SSSR count). The summed E-state index contributed by atoms with van der Waals surface area (Å²) < 4.78 is 1.50. The standard InChI is InChI=1S/C11H18N8/c1-4-8(5-2)15-10-16-9(12-3)17-11(18-10)19-7-13-6-14-19/h6-8H,4-5H2,1-3H3,(H2,12,15,16,17,18). The number of rotatable bonds is 6. The van der Waals surface area contributed by atoms with Crippen LogP contribution in [-0.4, -0.2) is 42.8 Å². The highest BCUT2D eigenvalue weighted by atomic mass is 15.4. The fourth-order valence-corrected chi connectivity index (χ4v) is 1.63. The summed E-state index contributed by atoms with van der Waals surface area (Å²) in [7, 11) is 1.77. The van der Waals surface area contributed by atoms with E-state index in [0.717, 1.165) is 12.8 Å². The molecule has 0 atom stereocenters. The van der Waals surface area contributed by atoms with Crippen LogP contribution in [0.5, 0.6) is 0 Å². The van der Waals surface area contributed by atoms with Gasteiger partial charge in [-0.05, 0) is 12.8 Å². The zero-order valence-electron chi connectivity index (χ0n) is 11.3. The number of hydrogen-bond donors (Lipinski definition) is 2. The lowest BCUT2D eigenvalue weighted by Gasteiger charge is -2.15. The van der Waals surface area contributed by atoms with Crippen LogP contribution in [0, 0.1) is 0 Å². The average Bonchev–Trinajstić information content (AvgIpc) is 2.98. The first-order valence-corrected chi connectivity index (χ1v) is 6.32. The molecule has 0 bridgehead atoms. The predicted molar refractivity (Wildman–Crippen MR) is 72.3 cm³/mol. The van der Waals surface area contributed by atoms with Crippen LogP contribution >= 0.6 is 0 Å². The zero-order chi connectivity index (χ0) is 13.7. The molecule has 2 aromatic heterocycles. The Bertz CT molecular complexity index is 505. The fourth-order valence-electron chi connectivity index (χ4n) is 1.63. The SMILES string of the molecule is CCC(CC)Nc1nc(NC)nc(-n2cncn2)n1. The van der Waals surface area contributed by atoms with Gasteiger partial charge in [0.15, 0.2) is 0 Å². The first kappa shape index (κ1) is 13.2. The second-order valence-electron chi connectivity index (χ2n) is 4.03. The molecule has 8 heteroatoms. The Morgan fingerprint density at radius 1 is 1.16 bits per heavy atom. The van der Waals surface area contributed by atoms with Crippen molar-refractivity contribution in [2.24, 2.45) is 0 Å². The van der Waals surface area contributed by atoms with Gasteiger partial charge in [0.05, 0.1) is 0 Å². The third kappa shape index (κ3) is 3.15. The molecule has 0 aliphatic carbocycles. The maximum absolute atomic E-state index is 4.35. The number of nitrogens with zero attached hydrogens (tertiary/aromatic N) is 6. The van der Waals surface area contributed by atoms with Crippen molar-refractivity contribution in [3.8, 4) is 5.95 Å². The molecule has 0 aromatic carbocycles. The molecular formula is C11H18N8. The lowest BCUT2D eigenvalue weighted by molar-refractivity contribution is 0.661. The minimum atomic E-state index is 0.343. The van der Waals surface area contributed by atoms with Gasteiger partial charge >= 0.3 is 0 Å². The number of hydrogen-bond acceptors (Lipinski definition) is 7. The van der Waals surface area contributed by atoms with Crippen LogP contribution in [0.3, 0.4) is 0 Å². The van der Waals surface area contributed by atoms with E-state index in [0.29, 0.717) is 23.9 Å². The maximum Gasteiger partial charge on any atom is 0.258 e. The van der Waals surface area contributed by atoms with Crippen LogP contribution in [0.1, 0.15) is 26.7 Å². The second kappa shape index (κ2) is 6.07. The zero-order valence-corrected chi connectivity index (χ0v) is 11.3. The molecular weight excluding hydrogens is 244 g/mol. The summed E-state index contributed by atoms with van der Waals surface area (Å²) in [5, 5.41) is 10.2. The topological polar surface area (TPSA) is 93.4 Å². The van der Waals surface area contributed by atoms with E-state index in [1.807, 2.05) is 0 Å². The Labute approximate surface area is 111 Å². The van der Waals surface area contributed by atoms with Crippen molar-refractivity contribution in [1.29, 1.82) is 0 Å². The molecule has 0 radical (unpaired) electrons. The highest BCUT2D eigenvalue weighted by molar-refractivity contribution is 5.37. The Kier molecular flexibility index (Phi) is 4.22. The van der Waals surface area contributed by atoms with E-state index >= 15 is 0 Å². The molecule has 0 aliphatic rings. The van der Waals surface area contributed by atoms with Crippen molar-refractivity contribution < 1.29 is 0 Å².